The maximum Gasteiger partial charge on any atom is 0.407 e. The highest BCUT2D eigenvalue weighted by molar-refractivity contribution is 7.89. The molecule has 1 aromatic heterocycles. The molecule has 2 heterocycles. The van der Waals surface area contributed by atoms with Gasteiger partial charge in [0.1, 0.15) is 11.1 Å². The number of anilines is 1. The van der Waals surface area contributed by atoms with Crippen LogP contribution >= 0.6 is 11.6 Å². The lowest BCUT2D eigenvalue weighted by molar-refractivity contribution is 0.102. The van der Waals surface area contributed by atoms with E-state index >= 15 is 0 Å². The van der Waals surface area contributed by atoms with Crippen LogP contribution in [-0.4, -0.2) is 56.0 Å². The number of hydrogen-bond donors (Lipinski definition) is 3. The highest BCUT2D eigenvalue weighted by Crippen LogP contribution is 2.26. The quantitative estimate of drug-likeness (QED) is 0.544. The molecule has 1 atom stereocenters. The molecule has 10 nitrogen and oxygen atoms in total. The van der Waals surface area contributed by atoms with Gasteiger partial charge in [0.2, 0.25) is 10.0 Å². The first kappa shape index (κ1) is 24.5. The molecule has 2 aromatic rings. The average molecular weight is 510 g/mol. The predicted octanol–water partition coefficient (Wildman–Crippen LogP) is 2.33. The van der Waals surface area contributed by atoms with Crippen molar-refractivity contribution in [2.45, 2.75) is 62.1 Å². The van der Waals surface area contributed by atoms with Crippen molar-refractivity contribution in [3.63, 3.8) is 0 Å². The Balaban J connectivity index is 1.22. The van der Waals surface area contributed by atoms with Crippen molar-refractivity contribution >= 4 is 33.4 Å². The summed E-state index contributed by atoms with van der Waals surface area (Å²) in [5, 5.41) is 9.02. The van der Waals surface area contributed by atoms with Crippen LogP contribution in [0, 0.1) is 6.92 Å². The number of halogens is 1. The summed E-state index contributed by atoms with van der Waals surface area (Å²) in [4.78, 5) is 26.2. The predicted molar refractivity (Wildman–Crippen MR) is 128 cm³/mol. The Bertz CT molecular complexity index is 1200. The molecule has 1 saturated heterocycles. The number of alkyl carbamates (subject to hydrolysis) is 1. The average Bonchev–Trinajstić information content (AvgIpc) is 3.25. The number of aryl methyl sites for hydroxylation is 1. The van der Waals surface area contributed by atoms with E-state index < -0.39 is 21.7 Å². The number of carbonyl (C=O) groups excluding carboxylic acids is 1. The van der Waals surface area contributed by atoms with Crippen LogP contribution in [0.15, 0.2) is 40.2 Å². The van der Waals surface area contributed by atoms with Crippen LogP contribution in [0.1, 0.15) is 37.7 Å². The lowest BCUT2D eigenvalue weighted by Gasteiger charge is -2.29. The number of hydrogen-bond acceptors (Lipinski definition) is 7. The minimum Gasteiger partial charge on any atom is -0.444 e. The molecule has 0 bridgehead atoms. The summed E-state index contributed by atoms with van der Waals surface area (Å²) in [5.74, 6) is 0. The van der Waals surface area contributed by atoms with E-state index in [9.17, 15) is 18.0 Å². The Kier molecular flexibility index (Phi) is 7.44. The number of aromatic nitrogens is 2. The second-order valence-electron chi connectivity index (χ2n) is 8.74. The van der Waals surface area contributed by atoms with Crippen LogP contribution in [0.5, 0.6) is 0 Å². The van der Waals surface area contributed by atoms with E-state index in [4.69, 9.17) is 16.3 Å². The van der Waals surface area contributed by atoms with Gasteiger partial charge in [0, 0.05) is 25.0 Å². The fourth-order valence-corrected chi connectivity index (χ4v) is 6.25. The maximum absolute atomic E-state index is 12.7. The molecule has 2 aliphatic rings. The molecule has 3 N–H and O–H groups in total. The first-order valence-electron chi connectivity index (χ1n) is 11.3. The van der Waals surface area contributed by atoms with Crippen molar-refractivity contribution in [3.05, 3.63) is 51.4 Å². The number of nitrogens with zero attached hydrogens (tertiary/aromatic N) is 2. The molecule has 0 spiro atoms. The lowest BCUT2D eigenvalue weighted by atomic mass is 9.92. The number of carbonyl (C=O) groups is 1. The maximum atomic E-state index is 12.7. The summed E-state index contributed by atoms with van der Waals surface area (Å²) >= 11 is 6.06. The molecule has 1 amide bonds. The van der Waals surface area contributed by atoms with Crippen LogP contribution in [0.4, 0.5) is 10.5 Å². The number of H-pyrrole nitrogens is 1. The molecule has 1 saturated carbocycles. The van der Waals surface area contributed by atoms with Gasteiger partial charge in [0.05, 0.1) is 23.3 Å². The summed E-state index contributed by atoms with van der Waals surface area (Å²) in [6.07, 6.45) is 3.84. The van der Waals surface area contributed by atoms with Crippen molar-refractivity contribution in [1.82, 2.24) is 20.2 Å². The molecule has 184 valence electrons. The first-order valence-corrected chi connectivity index (χ1v) is 13.1. The molecule has 34 heavy (non-hydrogen) atoms. The summed E-state index contributed by atoms with van der Waals surface area (Å²) < 4.78 is 33.8. The highest BCUT2D eigenvalue weighted by Gasteiger charge is 2.30. The van der Waals surface area contributed by atoms with E-state index in [2.05, 4.69) is 20.2 Å². The SMILES string of the molecule is Cc1ccccc1S(=O)(=O)N[C@H]1CC[C@H](NC(=O)O[C@@H]2CCN(c3cn[nH]c(=O)c3Cl)C2)CC1. The monoisotopic (exact) mass is 509 g/mol. The Hall–Kier alpha value is -2.63. The fourth-order valence-electron chi connectivity index (χ4n) is 4.49. The molecule has 2 fully saturated rings. The van der Waals surface area contributed by atoms with Gasteiger partial charge in [-0.25, -0.2) is 23.0 Å². The molecular weight excluding hydrogens is 482 g/mol. The third kappa shape index (κ3) is 5.70. The molecule has 0 unspecified atom stereocenters. The van der Waals surface area contributed by atoms with E-state index in [0.717, 1.165) is 0 Å². The normalized spacial score (nSPS) is 23.0. The van der Waals surface area contributed by atoms with Crippen LogP contribution in [0.3, 0.4) is 0 Å². The van der Waals surface area contributed by atoms with Crippen LogP contribution in [0.25, 0.3) is 0 Å². The van der Waals surface area contributed by atoms with Gasteiger partial charge in [-0.3, -0.25) is 4.79 Å². The van der Waals surface area contributed by atoms with Crippen molar-refractivity contribution in [2.75, 3.05) is 18.0 Å². The second-order valence-corrected chi connectivity index (χ2v) is 10.8. The molecule has 1 aromatic carbocycles. The zero-order valence-corrected chi connectivity index (χ0v) is 20.4. The second kappa shape index (κ2) is 10.3. The van der Waals surface area contributed by atoms with E-state index in [1.807, 2.05) is 11.0 Å². The van der Waals surface area contributed by atoms with Gasteiger partial charge in [-0.2, -0.15) is 5.10 Å². The largest absolute Gasteiger partial charge is 0.444 e. The van der Waals surface area contributed by atoms with E-state index in [1.54, 1.807) is 25.1 Å². The number of amides is 1. The number of rotatable bonds is 6. The minimum absolute atomic E-state index is 0.0647. The molecule has 1 aliphatic heterocycles. The lowest BCUT2D eigenvalue weighted by Crippen LogP contribution is -2.44. The summed E-state index contributed by atoms with van der Waals surface area (Å²) in [5.41, 5.74) is 0.762. The van der Waals surface area contributed by atoms with Gasteiger partial charge in [-0.05, 0) is 44.2 Å². The smallest absolute Gasteiger partial charge is 0.407 e. The Labute approximate surface area is 203 Å². The van der Waals surface area contributed by atoms with Crippen molar-refractivity contribution in [1.29, 1.82) is 0 Å². The topological polar surface area (TPSA) is 133 Å². The zero-order chi connectivity index (χ0) is 24.3. The number of benzene rings is 1. The highest BCUT2D eigenvalue weighted by atomic mass is 35.5. The number of aromatic amines is 1. The Morgan fingerprint density at radius 2 is 1.88 bits per heavy atom. The molecule has 12 heteroatoms. The van der Waals surface area contributed by atoms with Crippen LogP contribution in [0.2, 0.25) is 5.02 Å². The van der Waals surface area contributed by atoms with Crippen molar-refractivity contribution in [2.24, 2.45) is 0 Å². The van der Waals surface area contributed by atoms with Gasteiger partial charge in [-0.15, -0.1) is 0 Å². The van der Waals surface area contributed by atoms with Gasteiger partial charge in [0.25, 0.3) is 5.56 Å². The van der Waals surface area contributed by atoms with Gasteiger partial charge >= 0.3 is 6.09 Å². The molecule has 4 rings (SSSR count). The van der Waals surface area contributed by atoms with Crippen molar-refractivity contribution < 1.29 is 17.9 Å². The fraction of sp³-hybridized carbons (Fsp3) is 0.500. The van der Waals surface area contributed by atoms with E-state index in [1.165, 1.54) is 6.20 Å². The van der Waals surface area contributed by atoms with Gasteiger partial charge in [-0.1, -0.05) is 29.8 Å². The number of nitrogens with one attached hydrogen (secondary N) is 3. The van der Waals surface area contributed by atoms with E-state index in [0.29, 0.717) is 61.3 Å². The summed E-state index contributed by atoms with van der Waals surface area (Å²) in [6.45, 7) is 2.79. The zero-order valence-electron chi connectivity index (χ0n) is 18.8. The van der Waals surface area contributed by atoms with Crippen LogP contribution in [-0.2, 0) is 14.8 Å². The Morgan fingerprint density at radius 1 is 1.18 bits per heavy atom. The summed E-state index contributed by atoms with van der Waals surface area (Å²) in [6, 6.07) is 6.65. The molecule has 0 radical (unpaired) electrons. The minimum atomic E-state index is -3.58. The van der Waals surface area contributed by atoms with Gasteiger partial charge < -0.3 is 15.0 Å². The van der Waals surface area contributed by atoms with Crippen molar-refractivity contribution in [3.8, 4) is 0 Å². The summed E-state index contributed by atoms with van der Waals surface area (Å²) in [7, 11) is -3.58. The van der Waals surface area contributed by atoms with Crippen LogP contribution < -0.4 is 20.5 Å². The Morgan fingerprint density at radius 3 is 2.62 bits per heavy atom. The van der Waals surface area contributed by atoms with E-state index in [-0.39, 0.29) is 23.2 Å². The van der Waals surface area contributed by atoms with Gasteiger partial charge in [0.15, 0.2) is 0 Å². The number of sulfonamides is 1. The standard InChI is InChI=1S/C22H28ClN5O5S/c1-14-4-2-3-5-19(14)34(31,32)27-16-8-6-15(7-9-16)25-22(30)33-17-10-11-28(13-17)18-12-24-26-21(29)20(18)23/h2-5,12,15-17,27H,6-11,13H2,1H3,(H,25,30)(H,26,29)/t15-,16-,17-/m1/s1. The molecular formula is C22H28ClN5O5S. The third-order valence-electron chi connectivity index (χ3n) is 6.29. The first-order chi connectivity index (χ1) is 16.2. The molecule has 1 aliphatic carbocycles. The number of ether oxygens (including phenoxy) is 1. The third-order valence-corrected chi connectivity index (χ3v) is 8.34.